The third-order valence-electron chi connectivity index (χ3n) is 2.51. The third kappa shape index (κ3) is 3.80. The summed E-state index contributed by atoms with van der Waals surface area (Å²) >= 11 is 0. The molecule has 2 atom stereocenters. The molecule has 0 heterocycles. The molecule has 4 heteroatoms. The normalized spacial score (nSPS) is 15.9. The van der Waals surface area contributed by atoms with E-state index < -0.39 is 11.5 Å². The van der Waals surface area contributed by atoms with Crippen molar-refractivity contribution in [3.05, 3.63) is 0 Å². The largest absolute Gasteiger partial charge is 0.466 e. The average molecular weight is 218 g/mol. The number of ether oxygens (including phenoxy) is 2. The summed E-state index contributed by atoms with van der Waals surface area (Å²) in [6, 6.07) is 0. The summed E-state index contributed by atoms with van der Waals surface area (Å²) in [6.07, 6.45) is -0.767. The van der Waals surface area contributed by atoms with Gasteiger partial charge in [-0.05, 0) is 20.8 Å². The van der Waals surface area contributed by atoms with Gasteiger partial charge in [-0.1, -0.05) is 6.92 Å². The fourth-order valence-electron chi connectivity index (χ4n) is 1.50. The maximum Gasteiger partial charge on any atom is 0.314 e. The molecule has 2 unspecified atom stereocenters. The lowest BCUT2D eigenvalue weighted by Gasteiger charge is -2.31. The fraction of sp³-hybridized carbons (Fsp3) is 0.909. The van der Waals surface area contributed by atoms with Crippen molar-refractivity contribution in [2.75, 3.05) is 20.3 Å². The molecule has 4 nitrogen and oxygen atoms in total. The number of carbonyl (C=O) groups is 1. The van der Waals surface area contributed by atoms with Gasteiger partial charge in [0.05, 0.1) is 24.7 Å². The van der Waals surface area contributed by atoms with E-state index >= 15 is 0 Å². The minimum absolute atomic E-state index is 0.102. The van der Waals surface area contributed by atoms with Gasteiger partial charge in [-0.15, -0.1) is 0 Å². The number of aliphatic hydroxyl groups is 1. The van der Waals surface area contributed by atoms with Crippen molar-refractivity contribution in [2.45, 2.75) is 33.8 Å². The summed E-state index contributed by atoms with van der Waals surface area (Å²) in [5.41, 5.74) is -0.895. The molecule has 0 saturated carbocycles. The molecule has 90 valence electrons. The summed E-state index contributed by atoms with van der Waals surface area (Å²) in [5, 5.41) is 9.99. The third-order valence-corrected chi connectivity index (χ3v) is 2.51. The van der Waals surface area contributed by atoms with Gasteiger partial charge in [0, 0.05) is 13.0 Å². The zero-order valence-corrected chi connectivity index (χ0v) is 10.2. The molecule has 0 rings (SSSR count). The van der Waals surface area contributed by atoms with E-state index in [1.165, 1.54) is 0 Å². The highest BCUT2D eigenvalue weighted by molar-refractivity contribution is 5.76. The second-order valence-corrected chi connectivity index (χ2v) is 4.32. The number of rotatable bonds is 6. The molecule has 0 aromatic heterocycles. The van der Waals surface area contributed by atoms with Gasteiger partial charge in [0.1, 0.15) is 0 Å². The summed E-state index contributed by atoms with van der Waals surface area (Å²) < 4.78 is 9.86. The van der Waals surface area contributed by atoms with E-state index in [-0.39, 0.29) is 11.9 Å². The first-order chi connectivity index (χ1) is 6.87. The van der Waals surface area contributed by atoms with Crippen molar-refractivity contribution in [1.29, 1.82) is 0 Å². The fourth-order valence-corrected chi connectivity index (χ4v) is 1.50. The van der Waals surface area contributed by atoms with Crippen LogP contribution >= 0.6 is 0 Å². The van der Waals surface area contributed by atoms with Gasteiger partial charge in [0.15, 0.2) is 0 Å². The van der Waals surface area contributed by atoms with Crippen molar-refractivity contribution in [1.82, 2.24) is 0 Å². The molecule has 0 bridgehead atoms. The van der Waals surface area contributed by atoms with Crippen molar-refractivity contribution in [3.63, 3.8) is 0 Å². The van der Waals surface area contributed by atoms with Crippen LogP contribution in [0.3, 0.4) is 0 Å². The smallest absolute Gasteiger partial charge is 0.314 e. The first-order valence-corrected chi connectivity index (χ1v) is 5.22. The van der Waals surface area contributed by atoms with Crippen LogP contribution in [-0.2, 0) is 14.3 Å². The molecule has 15 heavy (non-hydrogen) atoms. The maximum atomic E-state index is 11.6. The highest BCUT2D eigenvalue weighted by Gasteiger charge is 2.39. The van der Waals surface area contributed by atoms with Gasteiger partial charge in [0.25, 0.3) is 0 Å². The Kier molecular flexibility index (Phi) is 5.83. The van der Waals surface area contributed by atoms with Crippen LogP contribution in [0, 0.1) is 11.3 Å². The number of carbonyl (C=O) groups excluding carboxylic acids is 1. The van der Waals surface area contributed by atoms with Gasteiger partial charge >= 0.3 is 5.97 Å². The molecule has 0 aromatic rings. The zero-order valence-electron chi connectivity index (χ0n) is 10.2. The molecule has 1 N–H and O–H groups in total. The van der Waals surface area contributed by atoms with E-state index in [0.717, 1.165) is 0 Å². The quantitative estimate of drug-likeness (QED) is 0.681. The van der Waals surface area contributed by atoms with Crippen LogP contribution in [0.25, 0.3) is 0 Å². The second kappa shape index (κ2) is 6.08. The average Bonchev–Trinajstić information content (AvgIpc) is 2.17. The van der Waals surface area contributed by atoms with E-state index in [4.69, 9.17) is 9.47 Å². The molecular weight excluding hydrogens is 196 g/mol. The van der Waals surface area contributed by atoms with Gasteiger partial charge in [-0.3, -0.25) is 4.79 Å². The van der Waals surface area contributed by atoms with Crippen LogP contribution in [-0.4, -0.2) is 37.5 Å². The Hall–Kier alpha value is -0.610. The lowest BCUT2D eigenvalue weighted by atomic mass is 9.80. The Morgan fingerprint density at radius 3 is 2.40 bits per heavy atom. The van der Waals surface area contributed by atoms with E-state index in [0.29, 0.717) is 13.2 Å². The van der Waals surface area contributed by atoms with Crippen LogP contribution in [0.15, 0.2) is 0 Å². The molecule has 0 aliphatic rings. The summed E-state index contributed by atoms with van der Waals surface area (Å²) in [6.45, 7) is 7.70. The van der Waals surface area contributed by atoms with Crippen LogP contribution in [0.5, 0.6) is 0 Å². The van der Waals surface area contributed by atoms with Crippen LogP contribution < -0.4 is 0 Å². The Labute approximate surface area is 91.6 Å². The molecule has 0 aliphatic carbocycles. The molecule has 0 radical (unpaired) electrons. The zero-order chi connectivity index (χ0) is 12.1. The highest BCUT2D eigenvalue weighted by Crippen LogP contribution is 2.27. The monoisotopic (exact) mass is 218 g/mol. The van der Waals surface area contributed by atoms with E-state index in [9.17, 15) is 9.90 Å². The predicted octanol–water partition coefficient (Wildman–Crippen LogP) is 1.22. The Morgan fingerprint density at radius 2 is 2.00 bits per heavy atom. The van der Waals surface area contributed by atoms with Crippen molar-refractivity contribution < 1.29 is 19.4 Å². The Balaban J connectivity index is 4.48. The van der Waals surface area contributed by atoms with Crippen LogP contribution in [0.4, 0.5) is 0 Å². The number of methoxy groups -OCH3 is 1. The van der Waals surface area contributed by atoms with E-state index in [1.807, 2.05) is 6.92 Å². The SMILES string of the molecule is CCOC(=O)C(C)(C)C(O)C(C)COC. The van der Waals surface area contributed by atoms with Gasteiger partial charge < -0.3 is 14.6 Å². The van der Waals surface area contributed by atoms with E-state index in [1.54, 1.807) is 27.9 Å². The summed E-state index contributed by atoms with van der Waals surface area (Å²) in [5.74, 6) is -0.477. The molecule has 0 amide bonds. The lowest BCUT2D eigenvalue weighted by molar-refractivity contribution is -0.163. The first-order valence-electron chi connectivity index (χ1n) is 5.22. The number of aliphatic hydroxyl groups excluding tert-OH is 1. The van der Waals surface area contributed by atoms with Crippen LogP contribution in [0.1, 0.15) is 27.7 Å². The molecule has 0 fully saturated rings. The van der Waals surface area contributed by atoms with Gasteiger partial charge in [-0.2, -0.15) is 0 Å². The molecule has 0 aromatic carbocycles. The van der Waals surface area contributed by atoms with E-state index in [2.05, 4.69) is 0 Å². The molecule has 0 saturated heterocycles. The van der Waals surface area contributed by atoms with Crippen LogP contribution in [0.2, 0.25) is 0 Å². The predicted molar refractivity (Wildman–Crippen MR) is 57.5 cm³/mol. The molecule has 0 aliphatic heterocycles. The van der Waals surface area contributed by atoms with Crippen molar-refractivity contribution in [3.8, 4) is 0 Å². The Bertz CT molecular complexity index is 201. The first kappa shape index (κ1) is 14.4. The Morgan fingerprint density at radius 1 is 1.47 bits per heavy atom. The standard InChI is InChI=1S/C11H22O4/c1-6-15-10(13)11(3,4)9(12)8(2)7-14-5/h8-9,12H,6-7H2,1-5H3. The lowest BCUT2D eigenvalue weighted by Crippen LogP contribution is -2.43. The summed E-state index contributed by atoms with van der Waals surface area (Å²) in [7, 11) is 1.57. The number of hydrogen-bond acceptors (Lipinski definition) is 4. The van der Waals surface area contributed by atoms with Crippen molar-refractivity contribution in [2.24, 2.45) is 11.3 Å². The van der Waals surface area contributed by atoms with Gasteiger partial charge in [0.2, 0.25) is 0 Å². The van der Waals surface area contributed by atoms with Crippen molar-refractivity contribution >= 4 is 5.97 Å². The minimum Gasteiger partial charge on any atom is -0.466 e. The molecule has 0 spiro atoms. The number of hydrogen-bond donors (Lipinski definition) is 1. The maximum absolute atomic E-state index is 11.6. The minimum atomic E-state index is -0.895. The number of esters is 1. The summed E-state index contributed by atoms with van der Waals surface area (Å²) in [4.78, 5) is 11.6. The topological polar surface area (TPSA) is 55.8 Å². The second-order valence-electron chi connectivity index (χ2n) is 4.32. The molecular formula is C11H22O4. The van der Waals surface area contributed by atoms with Gasteiger partial charge in [-0.25, -0.2) is 0 Å². The highest BCUT2D eigenvalue weighted by atomic mass is 16.5.